The van der Waals surface area contributed by atoms with Crippen LogP contribution in [0.2, 0.25) is 0 Å². The number of pyridine rings is 1. The van der Waals surface area contributed by atoms with Gasteiger partial charge in [0.15, 0.2) is 10.8 Å². The number of hydrogen-bond donors (Lipinski definition) is 4. The fourth-order valence-electron chi connectivity index (χ4n) is 5.15. The number of nitrogens with zero attached hydrogens (tertiary/aromatic N) is 3. The number of rotatable bonds is 7. The number of anilines is 1. The average molecular weight is 561 g/mol. The van der Waals surface area contributed by atoms with Gasteiger partial charge in [0, 0.05) is 30.2 Å². The number of aromatic nitrogens is 3. The van der Waals surface area contributed by atoms with Crippen LogP contribution >= 0.6 is 22.7 Å². The van der Waals surface area contributed by atoms with Crippen LogP contribution in [-0.4, -0.2) is 43.4 Å². The van der Waals surface area contributed by atoms with Crippen molar-refractivity contribution in [2.45, 2.75) is 44.2 Å². The highest BCUT2D eigenvalue weighted by Gasteiger charge is 2.31. The monoisotopic (exact) mass is 560 g/mol. The molecule has 4 heterocycles. The Hall–Kier alpha value is -3.80. The van der Waals surface area contributed by atoms with E-state index in [0.717, 1.165) is 40.6 Å². The van der Waals surface area contributed by atoms with E-state index >= 15 is 0 Å². The third kappa shape index (κ3) is 5.12. The highest BCUT2D eigenvalue weighted by Crippen LogP contribution is 2.30. The van der Waals surface area contributed by atoms with Gasteiger partial charge in [0.25, 0.3) is 11.8 Å². The molecular weight excluding hydrogens is 532 g/mol. The number of aliphatic hydroxyl groups is 1. The first kappa shape index (κ1) is 25.5. The molecule has 0 atom stereocenters. The molecule has 2 amide bonds. The first-order valence-electron chi connectivity index (χ1n) is 12.9. The van der Waals surface area contributed by atoms with Crippen molar-refractivity contribution in [2.24, 2.45) is 0 Å². The first-order valence-corrected chi connectivity index (χ1v) is 14.6. The molecule has 9 nitrogen and oxygen atoms in total. The number of hydrogen-bond acceptors (Lipinski definition) is 8. The summed E-state index contributed by atoms with van der Waals surface area (Å²) in [5, 5.41) is 21.2. The molecule has 0 unspecified atom stereocenters. The molecule has 4 aromatic heterocycles. The number of fused-ring (bicyclic) bond motifs is 2. The van der Waals surface area contributed by atoms with E-state index < -0.39 is 5.60 Å². The third-order valence-corrected chi connectivity index (χ3v) is 8.72. The number of thiophene rings is 1. The number of carbonyl (C=O) groups is 2. The molecule has 0 spiro atoms. The molecule has 200 valence electrons. The van der Waals surface area contributed by atoms with Crippen LogP contribution in [0.25, 0.3) is 27.1 Å². The van der Waals surface area contributed by atoms with Crippen molar-refractivity contribution < 1.29 is 14.7 Å². The number of thiazole rings is 1. The van der Waals surface area contributed by atoms with E-state index in [4.69, 9.17) is 10.7 Å². The Balaban J connectivity index is 1.29. The SMILES string of the molecule is Nc1nc2ccc(CNC(=O)c3cccn4c(C(=O)NCC5(O)CCCCC5)c(-c5ccsc5)nc34)cc2s1. The number of amides is 2. The minimum Gasteiger partial charge on any atom is -0.388 e. The van der Waals surface area contributed by atoms with Gasteiger partial charge in [-0.25, -0.2) is 9.97 Å². The Kier molecular flexibility index (Phi) is 6.79. The quantitative estimate of drug-likeness (QED) is 0.230. The lowest BCUT2D eigenvalue weighted by Gasteiger charge is -2.32. The molecule has 6 rings (SSSR count). The van der Waals surface area contributed by atoms with Gasteiger partial charge in [0.1, 0.15) is 11.4 Å². The van der Waals surface area contributed by atoms with Crippen molar-refractivity contribution in [3.8, 4) is 11.3 Å². The summed E-state index contributed by atoms with van der Waals surface area (Å²) in [5.41, 5.74) is 9.07. The van der Waals surface area contributed by atoms with E-state index in [1.807, 2.05) is 35.0 Å². The summed E-state index contributed by atoms with van der Waals surface area (Å²) in [4.78, 5) is 35.9. The maximum absolute atomic E-state index is 13.5. The lowest BCUT2D eigenvalue weighted by Crippen LogP contribution is -2.44. The molecule has 1 aromatic carbocycles. The first-order chi connectivity index (χ1) is 18.9. The zero-order valence-corrected chi connectivity index (χ0v) is 22.8. The summed E-state index contributed by atoms with van der Waals surface area (Å²) in [5.74, 6) is -0.632. The van der Waals surface area contributed by atoms with E-state index in [0.29, 0.717) is 47.1 Å². The molecule has 0 radical (unpaired) electrons. The summed E-state index contributed by atoms with van der Waals surface area (Å²) < 4.78 is 2.62. The average Bonchev–Trinajstić information content (AvgIpc) is 3.68. The van der Waals surface area contributed by atoms with Crippen molar-refractivity contribution in [1.29, 1.82) is 0 Å². The van der Waals surface area contributed by atoms with Crippen LogP contribution < -0.4 is 16.4 Å². The molecular formula is C28H28N6O3S2. The summed E-state index contributed by atoms with van der Waals surface area (Å²) >= 11 is 2.91. The molecule has 0 bridgehead atoms. The zero-order valence-electron chi connectivity index (χ0n) is 21.1. The lowest BCUT2D eigenvalue weighted by molar-refractivity contribution is 0.00520. The van der Waals surface area contributed by atoms with Crippen LogP contribution in [0.5, 0.6) is 0 Å². The fraction of sp³-hybridized carbons (Fsp3) is 0.286. The van der Waals surface area contributed by atoms with Gasteiger partial charge < -0.3 is 21.5 Å². The molecule has 39 heavy (non-hydrogen) atoms. The standard InChI is InChI=1S/C28H28N6O3S2/c29-27-32-20-7-6-17(13-21(20)39-27)14-30-25(35)19-5-4-11-34-23(22(33-24(19)34)18-8-12-38-15-18)26(36)31-16-28(37)9-2-1-3-10-28/h4-8,11-13,15,37H,1-3,9-10,14,16H2,(H2,29,32)(H,30,35)(H,31,36). The van der Waals surface area contributed by atoms with Crippen LogP contribution in [-0.2, 0) is 6.54 Å². The van der Waals surface area contributed by atoms with Crippen LogP contribution in [0.1, 0.15) is 58.5 Å². The Labute approximate surface area is 232 Å². The van der Waals surface area contributed by atoms with E-state index in [1.54, 1.807) is 22.7 Å². The Bertz CT molecular complexity index is 1670. The second kappa shape index (κ2) is 10.4. The fourth-order valence-corrected chi connectivity index (χ4v) is 6.59. The molecule has 0 aliphatic heterocycles. The Morgan fingerprint density at radius 1 is 1.08 bits per heavy atom. The second-order valence-corrected chi connectivity index (χ2v) is 11.8. The summed E-state index contributed by atoms with van der Waals surface area (Å²) in [6.07, 6.45) is 6.09. The zero-order chi connectivity index (χ0) is 27.0. The predicted octanol–water partition coefficient (Wildman–Crippen LogP) is 4.61. The molecule has 5 N–H and O–H groups in total. The van der Waals surface area contributed by atoms with E-state index in [2.05, 4.69) is 15.6 Å². The Morgan fingerprint density at radius 2 is 1.92 bits per heavy atom. The minimum absolute atomic E-state index is 0.179. The van der Waals surface area contributed by atoms with Crippen LogP contribution in [0, 0.1) is 0 Å². The van der Waals surface area contributed by atoms with Gasteiger partial charge in [0.05, 0.1) is 21.4 Å². The molecule has 1 aliphatic rings. The smallest absolute Gasteiger partial charge is 0.270 e. The van der Waals surface area contributed by atoms with E-state index in [-0.39, 0.29) is 18.4 Å². The van der Waals surface area contributed by atoms with Gasteiger partial charge >= 0.3 is 0 Å². The van der Waals surface area contributed by atoms with Crippen molar-refractivity contribution >= 4 is 55.5 Å². The number of benzene rings is 1. The Morgan fingerprint density at radius 3 is 2.72 bits per heavy atom. The van der Waals surface area contributed by atoms with Gasteiger partial charge in [-0.15, -0.1) is 0 Å². The van der Waals surface area contributed by atoms with Gasteiger partial charge in [-0.3, -0.25) is 14.0 Å². The minimum atomic E-state index is -0.893. The molecule has 5 aromatic rings. The third-order valence-electron chi connectivity index (χ3n) is 7.19. The van der Waals surface area contributed by atoms with Gasteiger partial charge in [-0.05, 0) is 54.1 Å². The summed E-state index contributed by atoms with van der Waals surface area (Å²) in [7, 11) is 0. The second-order valence-electron chi connectivity index (χ2n) is 9.94. The highest BCUT2D eigenvalue weighted by atomic mass is 32.1. The van der Waals surface area contributed by atoms with Crippen LogP contribution in [0.3, 0.4) is 0 Å². The summed E-state index contributed by atoms with van der Waals surface area (Å²) in [6, 6.07) is 11.1. The molecule has 11 heteroatoms. The number of nitrogens with two attached hydrogens (primary N) is 1. The molecule has 1 fully saturated rings. The van der Waals surface area contributed by atoms with Crippen molar-refractivity contribution in [2.75, 3.05) is 12.3 Å². The normalized spacial score (nSPS) is 15.0. The van der Waals surface area contributed by atoms with Gasteiger partial charge in [-0.2, -0.15) is 11.3 Å². The number of nitrogens with one attached hydrogen (secondary N) is 2. The number of imidazole rings is 1. The molecule has 1 aliphatic carbocycles. The van der Waals surface area contributed by atoms with E-state index in [9.17, 15) is 14.7 Å². The largest absolute Gasteiger partial charge is 0.388 e. The topological polar surface area (TPSA) is 135 Å². The van der Waals surface area contributed by atoms with Gasteiger partial charge in [-0.1, -0.05) is 36.7 Å². The van der Waals surface area contributed by atoms with Crippen LogP contribution in [0.15, 0.2) is 53.4 Å². The van der Waals surface area contributed by atoms with Crippen LogP contribution in [0.4, 0.5) is 5.13 Å². The van der Waals surface area contributed by atoms with E-state index in [1.165, 1.54) is 22.7 Å². The maximum Gasteiger partial charge on any atom is 0.270 e. The van der Waals surface area contributed by atoms with Crippen molar-refractivity contribution in [1.82, 2.24) is 25.0 Å². The highest BCUT2D eigenvalue weighted by molar-refractivity contribution is 7.22. The van der Waals surface area contributed by atoms with Gasteiger partial charge in [0.2, 0.25) is 0 Å². The predicted molar refractivity (Wildman–Crippen MR) is 154 cm³/mol. The lowest BCUT2D eigenvalue weighted by atomic mass is 9.85. The number of nitrogen functional groups attached to an aromatic ring is 1. The van der Waals surface area contributed by atoms with Crippen molar-refractivity contribution in [3.63, 3.8) is 0 Å². The number of carbonyl (C=O) groups excluding carboxylic acids is 2. The van der Waals surface area contributed by atoms with Crippen molar-refractivity contribution in [3.05, 3.63) is 70.2 Å². The summed E-state index contributed by atoms with van der Waals surface area (Å²) in [6.45, 7) is 0.496. The molecule has 0 saturated heterocycles. The maximum atomic E-state index is 13.5. The molecule has 1 saturated carbocycles.